The normalized spacial score (nSPS) is 13.2. The molecule has 0 saturated carbocycles. The molecule has 110 valence electrons. The van der Waals surface area contributed by atoms with Crippen molar-refractivity contribution in [2.24, 2.45) is 0 Å². The third kappa shape index (κ3) is 3.05. The summed E-state index contributed by atoms with van der Waals surface area (Å²) < 4.78 is 13.5. The van der Waals surface area contributed by atoms with Gasteiger partial charge in [0.2, 0.25) is 0 Å². The van der Waals surface area contributed by atoms with Crippen LogP contribution in [-0.4, -0.2) is 28.9 Å². The predicted molar refractivity (Wildman–Crippen MR) is 80.2 cm³/mol. The second kappa shape index (κ2) is 5.81. The molecule has 0 fully saturated rings. The fourth-order valence-electron chi connectivity index (χ4n) is 2.33. The molecule has 3 rings (SSSR count). The van der Waals surface area contributed by atoms with Gasteiger partial charge in [0.15, 0.2) is 11.5 Å². The molecule has 5 nitrogen and oxygen atoms in total. The van der Waals surface area contributed by atoms with Crippen molar-refractivity contribution in [1.29, 1.82) is 0 Å². The summed E-state index contributed by atoms with van der Waals surface area (Å²) in [6.07, 6.45) is 2.50. The Kier molecular flexibility index (Phi) is 3.88. The molecular formula is C15H14BrNO4. The molecule has 1 aliphatic heterocycles. The summed E-state index contributed by atoms with van der Waals surface area (Å²) >= 11 is 3.31. The number of hydrogen-bond donors (Lipinski definition) is 1. The number of ether oxygens (including phenoxy) is 2. The third-order valence-corrected chi connectivity index (χ3v) is 3.76. The summed E-state index contributed by atoms with van der Waals surface area (Å²) in [6, 6.07) is 7.43. The zero-order chi connectivity index (χ0) is 14.8. The number of carbonyl (C=O) groups is 1. The van der Waals surface area contributed by atoms with E-state index in [0.29, 0.717) is 19.8 Å². The summed E-state index contributed by atoms with van der Waals surface area (Å²) in [6.45, 7) is 1.72. The number of nitrogens with zero attached hydrogens (tertiary/aromatic N) is 1. The highest BCUT2D eigenvalue weighted by molar-refractivity contribution is 9.10. The van der Waals surface area contributed by atoms with Crippen LogP contribution >= 0.6 is 15.9 Å². The monoisotopic (exact) mass is 351 g/mol. The molecule has 0 bridgehead atoms. The molecule has 1 aliphatic rings. The second-order valence-electron chi connectivity index (χ2n) is 4.77. The first-order valence-electron chi connectivity index (χ1n) is 6.61. The number of aryl methyl sites for hydroxylation is 2. The molecule has 0 amide bonds. The topological polar surface area (TPSA) is 60.7 Å². The van der Waals surface area contributed by atoms with Gasteiger partial charge in [0.25, 0.3) is 0 Å². The first-order chi connectivity index (χ1) is 10.1. The van der Waals surface area contributed by atoms with E-state index in [0.717, 1.165) is 28.0 Å². The number of halogens is 1. The lowest BCUT2D eigenvalue weighted by atomic mass is 10.1. The van der Waals surface area contributed by atoms with E-state index in [4.69, 9.17) is 14.6 Å². The molecule has 1 aromatic carbocycles. The lowest BCUT2D eigenvalue weighted by Crippen LogP contribution is -2.15. The molecule has 21 heavy (non-hydrogen) atoms. The number of aromatic carboxylic acids is 1. The number of carboxylic acid groups (broad SMARTS) is 1. The number of rotatable bonds is 4. The zero-order valence-electron chi connectivity index (χ0n) is 11.2. The van der Waals surface area contributed by atoms with Crippen molar-refractivity contribution in [2.45, 2.75) is 13.0 Å². The van der Waals surface area contributed by atoms with E-state index in [9.17, 15) is 4.79 Å². The molecule has 0 spiro atoms. The second-order valence-corrected chi connectivity index (χ2v) is 5.69. The molecule has 6 heteroatoms. The average Bonchev–Trinajstić information content (AvgIpc) is 2.86. The Morgan fingerprint density at radius 2 is 2.00 bits per heavy atom. The Hall–Kier alpha value is -1.95. The van der Waals surface area contributed by atoms with Crippen LogP contribution in [0.4, 0.5) is 0 Å². The van der Waals surface area contributed by atoms with Gasteiger partial charge in [-0.3, -0.25) is 0 Å². The zero-order valence-corrected chi connectivity index (χ0v) is 12.8. The lowest BCUT2D eigenvalue weighted by Gasteiger charge is -2.19. The summed E-state index contributed by atoms with van der Waals surface area (Å²) in [5.74, 6) is 0.591. The average molecular weight is 352 g/mol. The van der Waals surface area contributed by atoms with Gasteiger partial charge in [-0.05, 0) is 46.1 Å². The summed E-state index contributed by atoms with van der Waals surface area (Å²) in [4.78, 5) is 11.2. The van der Waals surface area contributed by atoms with Gasteiger partial charge < -0.3 is 19.1 Å². The van der Waals surface area contributed by atoms with Crippen molar-refractivity contribution in [3.05, 3.63) is 46.2 Å². The molecule has 2 heterocycles. The molecule has 1 aromatic heterocycles. The van der Waals surface area contributed by atoms with Gasteiger partial charge in [-0.15, -0.1) is 0 Å². The summed E-state index contributed by atoms with van der Waals surface area (Å²) in [5, 5.41) is 9.16. The van der Waals surface area contributed by atoms with E-state index in [1.54, 1.807) is 16.8 Å². The maximum atomic E-state index is 11.2. The fourth-order valence-corrected chi connectivity index (χ4v) is 2.80. The molecule has 0 radical (unpaired) electrons. The Morgan fingerprint density at radius 3 is 2.76 bits per heavy atom. The van der Waals surface area contributed by atoms with Crippen molar-refractivity contribution >= 4 is 21.9 Å². The van der Waals surface area contributed by atoms with Gasteiger partial charge in [-0.25, -0.2) is 4.79 Å². The molecule has 1 N–H and O–H groups in total. The molecule has 0 unspecified atom stereocenters. The Bertz CT molecular complexity index is 680. The van der Waals surface area contributed by atoms with E-state index < -0.39 is 5.97 Å². The highest BCUT2D eigenvalue weighted by Gasteiger charge is 2.13. The quantitative estimate of drug-likeness (QED) is 0.919. The van der Waals surface area contributed by atoms with Crippen LogP contribution in [0, 0.1) is 0 Å². The number of hydrogen-bond acceptors (Lipinski definition) is 3. The van der Waals surface area contributed by atoms with E-state index >= 15 is 0 Å². The largest absolute Gasteiger partial charge is 0.486 e. The minimum atomic E-state index is -0.928. The van der Waals surface area contributed by atoms with Crippen LogP contribution in [0.2, 0.25) is 0 Å². The van der Waals surface area contributed by atoms with Gasteiger partial charge in [-0.1, -0.05) is 6.07 Å². The SMILES string of the molecule is O=C(O)c1cc(Br)cn1CCc1ccc2c(c1)OCCO2. The number of benzene rings is 1. The van der Waals surface area contributed by atoms with Crippen molar-refractivity contribution in [2.75, 3.05) is 13.2 Å². The molecule has 2 aromatic rings. The highest BCUT2D eigenvalue weighted by atomic mass is 79.9. The van der Waals surface area contributed by atoms with Crippen LogP contribution in [0.3, 0.4) is 0 Å². The first-order valence-corrected chi connectivity index (χ1v) is 7.40. The lowest BCUT2D eigenvalue weighted by molar-refractivity contribution is 0.0685. The van der Waals surface area contributed by atoms with Gasteiger partial charge in [0, 0.05) is 17.2 Å². The number of aromatic nitrogens is 1. The van der Waals surface area contributed by atoms with Gasteiger partial charge in [-0.2, -0.15) is 0 Å². The molecule has 0 aliphatic carbocycles. The van der Waals surface area contributed by atoms with Gasteiger partial charge in [0.05, 0.1) is 0 Å². The van der Waals surface area contributed by atoms with Crippen LogP contribution in [0.1, 0.15) is 16.1 Å². The van der Waals surface area contributed by atoms with Gasteiger partial charge >= 0.3 is 5.97 Å². The molecular weight excluding hydrogens is 338 g/mol. The molecule has 0 atom stereocenters. The van der Waals surface area contributed by atoms with Crippen LogP contribution < -0.4 is 9.47 Å². The Morgan fingerprint density at radius 1 is 1.24 bits per heavy atom. The van der Waals surface area contributed by atoms with Crippen LogP contribution in [0.25, 0.3) is 0 Å². The third-order valence-electron chi connectivity index (χ3n) is 3.33. The number of carboxylic acids is 1. The van der Waals surface area contributed by atoms with E-state index in [-0.39, 0.29) is 5.69 Å². The van der Waals surface area contributed by atoms with Crippen molar-refractivity contribution in [3.8, 4) is 11.5 Å². The summed E-state index contributed by atoms with van der Waals surface area (Å²) in [7, 11) is 0. The first kappa shape index (κ1) is 14.0. The molecule has 0 saturated heterocycles. The van der Waals surface area contributed by atoms with Crippen LogP contribution in [0.15, 0.2) is 34.9 Å². The van der Waals surface area contributed by atoms with Crippen LogP contribution in [-0.2, 0) is 13.0 Å². The minimum Gasteiger partial charge on any atom is -0.486 e. The van der Waals surface area contributed by atoms with Crippen LogP contribution in [0.5, 0.6) is 11.5 Å². The minimum absolute atomic E-state index is 0.277. The number of fused-ring (bicyclic) bond motifs is 1. The van der Waals surface area contributed by atoms with E-state index in [1.807, 2.05) is 18.2 Å². The standard InChI is InChI=1S/C15H14BrNO4/c16-11-8-12(15(18)19)17(9-11)4-3-10-1-2-13-14(7-10)21-6-5-20-13/h1-2,7-9H,3-6H2,(H,18,19). The van der Waals surface area contributed by atoms with Crippen molar-refractivity contribution in [3.63, 3.8) is 0 Å². The smallest absolute Gasteiger partial charge is 0.352 e. The van der Waals surface area contributed by atoms with Crippen molar-refractivity contribution < 1.29 is 19.4 Å². The van der Waals surface area contributed by atoms with E-state index in [1.165, 1.54) is 0 Å². The highest BCUT2D eigenvalue weighted by Crippen LogP contribution is 2.31. The summed E-state index contributed by atoms with van der Waals surface area (Å²) in [5.41, 5.74) is 1.36. The van der Waals surface area contributed by atoms with Crippen molar-refractivity contribution in [1.82, 2.24) is 4.57 Å². The Labute approximate surface area is 130 Å². The van der Waals surface area contributed by atoms with E-state index in [2.05, 4.69) is 15.9 Å². The fraction of sp³-hybridized carbons (Fsp3) is 0.267. The Balaban J connectivity index is 1.74. The maximum absolute atomic E-state index is 11.2. The maximum Gasteiger partial charge on any atom is 0.352 e. The predicted octanol–water partition coefficient (Wildman–Crippen LogP) is 2.96. The van der Waals surface area contributed by atoms with Gasteiger partial charge in [0.1, 0.15) is 18.9 Å².